The zero-order chi connectivity index (χ0) is 11.8. The van der Waals surface area contributed by atoms with Crippen LogP contribution in [0.4, 0.5) is 6.01 Å². The van der Waals surface area contributed by atoms with Crippen molar-refractivity contribution in [3.63, 3.8) is 0 Å². The number of amides is 1. The Kier molecular flexibility index (Phi) is 2.79. The number of carbonyl (C=O) groups excluding carboxylic acids is 1. The predicted octanol–water partition coefficient (Wildman–Crippen LogP) is 0.956. The molecular weight excluding hydrogens is 242 g/mol. The maximum Gasteiger partial charge on any atom is 0.325 e. The third kappa shape index (κ3) is 2.04. The normalized spacial score (nSPS) is 29.2. The molecule has 0 aromatic carbocycles. The molecule has 1 amide bonds. The summed E-state index contributed by atoms with van der Waals surface area (Å²) in [5.41, 5.74) is 0. The van der Waals surface area contributed by atoms with E-state index in [4.69, 9.17) is 9.15 Å². The van der Waals surface area contributed by atoms with Crippen LogP contribution in [0, 0.1) is 0 Å². The summed E-state index contributed by atoms with van der Waals surface area (Å²) < 4.78 is 10.9. The summed E-state index contributed by atoms with van der Waals surface area (Å²) in [6, 6.07) is 0.261. The fourth-order valence-electron chi connectivity index (χ4n) is 2.11. The number of aromatic nitrogens is 2. The van der Waals surface area contributed by atoms with E-state index in [1.54, 1.807) is 0 Å². The van der Waals surface area contributed by atoms with Crippen LogP contribution in [0.1, 0.15) is 31.3 Å². The molecule has 0 N–H and O–H groups in total. The van der Waals surface area contributed by atoms with Gasteiger partial charge in [-0.05, 0) is 12.8 Å². The lowest BCUT2D eigenvalue weighted by Crippen LogP contribution is -2.24. The molecule has 0 saturated carbocycles. The SMILES string of the molecule is O=C1CC(S)CN1c1nnc(C2CCCO2)o1. The van der Waals surface area contributed by atoms with Gasteiger partial charge in [-0.15, -0.1) is 5.10 Å². The van der Waals surface area contributed by atoms with Gasteiger partial charge in [-0.2, -0.15) is 12.6 Å². The van der Waals surface area contributed by atoms with Crippen LogP contribution in [0.3, 0.4) is 0 Å². The lowest BCUT2D eigenvalue weighted by molar-refractivity contribution is -0.117. The summed E-state index contributed by atoms with van der Waals surface area (Å²) in [7, 11) is 0. The highest BCUT2D eigenvalue weighted by molar-refractivity contribution is 7.81. The highest BCUT2D eigenvalue weighted by atomic mass is 32.1. The van der Waals surface area contributed by atoms with E-state index in [0.717, 1.165) is 19.4 Å². The smallest absolute Gasteiger partial charge is 0.325 e. The molecule has 3 rings (SSSR count). The molecule has 1 aromatic rings. The minimum atomic E-state index is -0.110. The first kappa shape index (κ1) is 11.0. The zero-order valence-corrected chi connectivity index (χ0v) is 10.1. The molecule has 3 heterocycles. The van der Waals surface area contributed by atoms with Crippen molar-refractivity contribution in [2.45, 2.75) is 30.6 Å². The fourth-order valence-corrected chi connectivity index (χ4v) is 2.43. The maximum atomic E-state index is 11.6. The molecule has 2 aliphatic rings. The average molecular weight is 255 g/mol. The molecule has 0 spiro atoms. The van der Waals surface area contributed by atoms with E-state index in [1.807, 2.05) is 0 Å². The fraction of sp³-hybridized carbons (Fsp3) is 0.700. The van der Waals surface area contributed by atoms with E-state index in [1.165, 1.54) is 4.90 Å². The van der Waals surface area contributed by atoms with Crippen molar-refractivity contribution < 1.29 is 13.9 Å². The summed E-state index contributed by atoms with van der Waals surface area (Å²) in [6.07, 6.45) is 2.20. The Morgan fingerprint density at radius 1 is 1.41 bits per heavy atom. The molecule has 2 unspecified atom stereocenters. The molecule has 0 bridgehead atoms. The Bertz CT molecular complexity index is 430. The van der Waals surface area contributed by atoms with E-state index < -0.39 is 0 Å². The zero-order valence-electron chi connectivity index (χ0n) is 9.20. The molecule has 17 heavy (non-hydrogen) atoms. The molecule has 1 aromatic heterocycles. The van der Waals surface area contributed by atoms with Crippen molar-refractivity contribution in [1.82, 2.24) is 10.2 Å². The summed E-state index contributed by atoms with van der Waals surface area (Å²) in [5, 5.41) is 7.89. The minimum absolute atomic E-state index is 0.0208. The van der Waals surface area contributed by atoms with Crippen LogP contribution >= 0.6 is 12.6 Å². The lowest BCUT2D eigenvalue weighted by Gasteiger charge is -2.09. The molecule has 2 aliphatic heterocycles. The molecule has 2 atom stereocenters. The van der Waals surface area contributed by atoms with Gasteiger partial charge in [0.25, 0.3) is 0 Å². The van der Waals surface area contributed by atoms with Crippen molar-refractivity contribution >= 4 is 24.6 Å². The first-order chi connectivity index (χ1) is 8.24. The van der Waals surface area contributed by atoms with Crippen LogP contribution in [0.25, 0.3) is 0 Å². The maximum absolute atomic E-state index is 11.6. The Morgan fingerprint density at radius 2 is 2.29 bits per heavy atom. The van der Waals surface area contributed by atoms with Gasteiger partial charge in [0, 0.05) is 24.8 Å². The number of hydrogen-bond acceptors (Lipinski definition) is 6. The first-order valence-corrected chi connectivity index (χ1v) is 6.19. The van der Waals surface area contributed by atoms with E-state index in [9.17, 15) is 4.79 Å². The van der Waals surface area contributed by atoms with Crippen LogP contribution in [-0.4, -0.2) is 34.5 Å². The third-order valence-electron chi connectivity index (χ3n) is 2.97. The van der Waals surface area contributed by atoms with Crippen LogP contribution in [0.2, 0.25) is 0 Å². The van der Waals surface area contributed by atoms with Crippen molar-refractivity contribution in [2.24, 2.45) is 0 Å². The Labute approximate surface area is 104 Å². The van der Waals surface area contributed by atoms with Gasteiger partial charge in [-0.25, -0.2) is 0 Å². The topological polar surface area (TPSA) is 68.5 Å². The monoisotopic (exact) mass is 255 g/mol. The first-order valence-electron chi connectivity index (χ1n) is 5.67. The molecule has 92 valence electrons. The second-order valence-electron chi connectivity index (χ2n) is 4.29. The molecule has 0 radical (unpaired) electrons. The number of carbonyl (C=O) groups is 1. The van der Waals surface area contributed by atoms with Gasteiger partial charge in [-0.3, -0.25) is 9.69 Å². The Hall–Kier alpha value is -1.08. The average Bonchev–Trinajstić information content (AvgIpc) is 2.97. The summed E-state index contributed by atoms with van der Waals surface area (Å²) in [5.74, 6) is 0.445. The predicted molar refractivity (Wildman–Crippen MR) is 62.0 cm³/mol. The highest BCUT2D eigenvalue weighted by Crippen LogP contribution is 2.30. The number of nitrogens with zero attached hydrogens (tertiary/aromatic N) is 3. The van der Waals surface area contributed by atoms with Crippen molar-refractivity contribution in [2.75, 3.05) is 18.1 Å². The largest absolute Gasteiger partial charge is 0.405 e. The number of ether oxygens (including phenoxy) is 1. The van der Waals surface area contributed by atoms with Gasteiger partial charge < -0.3 is 9.15 Å². The van der Waals surface area contributed by atoms with E-state index in [2.05, 4.69) is 22.8 Å². The summed E-state index contributed by atoms with van der Waals surface area (Å²) in [6.45, 7) is 1.25. The summed E-state index contributed by atoms with van der Waals surface area (Å²) >= 11 is 4.28. The molecule has 6 nitrogen and oxygen atoms in total. The second kappa shape index (κ2) is 4.30. The van der Waals surface area contributed by atoms with Crippen molar-refractivity contribution in [3.8, 4) is 0 Å². The van der Waals surface area contributed by atoms with Gasteiger partial charge >= 0.3 is 6.01 Å². The second-order valence-corrected chi connectivity index (χ2v) is 5.02. The highest BCUT2D eigenvalue weighted by Gasteiger charge is 2.33. The lowest BCUT2D eigenvalue weighted by atomic mass is 10.2. The van der Waals surface area contributed by atoms with Crippen LogP contribution in [0.5, 0.6) is 0 Å². The van der Waals surface area contributed by atoms with Gasteiger partial charge in [0.2, 0.25) is 11.8 Å². The molecule has 2 fully saturated rings. The third-order valence-corrected chi connectivity index (χ3v) is 3.32. The number of rotatable bonds is 2. The Morgan fingerprint density at radius 3 is 2.94 bits per heavy atom. The van der Waals surface area contributed by atoms with E-state index in [0.29, 0.717) is 18.9 Å². The van der Waals surface area contributed by atoms with Gasteiger partial charge in [-0.1, -0.05) is 5.10 Å². The standard InChI is InChI=1S/C10H13N3O3S/c14-8-4-6(17)5-13(8)10-12-11-9(16-10)7-2-1-3-15-7/h6-7,17H,1-5H2. The number of thiol groups is 1. The van der Waals surface area contributed by atoms with Crippen molar-refractivity contribution in [1.29, 1.82) is 0 Å². The minimum Gasteiger partial charge on any atom is -0.405 e. The van der Waals surface area contributed by atoms with Gasteiger partial charge in [0.15, 0.2) is 0 Å². The van der Waals surface area contributed by atoms with E-state index >= 15 is 0 Å². The number of hydrogen-bond donors (Lipinski definition) is 1. The van der Waals surface area contributed by atoms with E-state index in [-0.39, 0.29) is 23.3 Å². The molecule has 2 saturated heterocycles. The van der Waals surface area contributed by atoms with Crippen LogP contribution in [0.15, 0.2) is 4.42 Å². The molecule has 7 heteroatoms. The van der Waals surface area contributed by atoms with Crippen molar-refractivity contribution in [3.05, 3.63) is 5.89 Å². The van der Waals surface area contributed by atoms with Gasteiger partial charge in [0.05, 0.1) is 0 Å². The van der Waals surface area contributed by atoms with Gasteiger partial charge in [0.1, 0.15) is 6.10 Å². The number of anilines is 1. The Balaban J connectivity index is 1.78. The van der Waals surface area contributed by atoms with Crippen LogP contribution < -0.4 is 4.90 Å². The summed E-state index contributed by atoms with van der Waals surface area (Å²) in [4.78, 5) is 13.1. The molecule has 0 aliphatic carbocycles. The van der Waals surface area contributed by atoms with Crippen LogP contribution in [-0.2, 0) is 9.53 Å². The quantitative estimate of drug-likeness (QED) is 0.797. The molecular formula is C10H13N3O3S.